The van der Waals surface area contributed by atoms with E-state index in [2.05, 4.69) is 15.5 Å². The van der Waals surface area contributed by atoms with Gasteiger partial charge in [-0.3, -0.25) is 14.4 Å². The van der Waals surface area contributed by atoms with Crippen LogP contribution < -0.4 is 9.62 Å². The topological polar surface area (TPSA) is 105 Å². The third kappa shape index (κ3) is 4.58. The lowest BCUT2D eigenvalue weighted by Crippen LogP contribution is -2.26. The summed E-state index contributed by atoms with van der Waals surface area (Å²) in [7, 11) is -2.40. The van der Waals surface area contributed by atoms with Gasteiger partial charge in [0.05, 0.1) is 16.1 Å². The minimum Gasteiger partial charge on any atom is -0.403 e. The Hall–Kier alpha value is -4.12. The van der Waals surface area contributed by atoms with Crippen LogP contribution in [-0.4, -0.2) is 31.6 Å². The fraction of sp³-hybridized carbons (Fsp3) is 0.0455. The smallest absolute Gasteiger partial charge is 0.322 e. The van der Waals surface area contributed by atoms with Crippen LogP contribution in [0.2, 0.25) is 0 Å². The van der Waals surface area contributed by atoms with Gasteiger partial charge in [-0.15, -0.1) is 5.10 Å². The molecule has 1 heterocycles. The van der Waals surface area contributed by atoms with Crippen molar-refractivity contribution < 1.29 is 26.4 Å². The predicted molar refractivity (Wildman–Crippen MR) is 116 cm³/mol. The molecule has 0 saturated heterocycles. The predicted octanol–water partition coefficient (Wildman–Crippen LogP) is 4.09. The zero-order valence-corrected chi connectivity index (χ0v) is 17.9. The minimum atomic E-state index is -3.83. The molecular formula is C22H16F2N4O4S. The van der Waals surface area contributed by atoms with Gasteiger partial charge in [0.1, 0.15) is 11.6 Å². The Balaban J connectivity index is 1.48. The van der Waals surface area contributed by atoms with Crippen molar-refractivity contribution in [3.63, 3.8) is 0 Å². The lowest BCUT2D eigenvalue weighted by molar-refractivity contribution is 0.102. The lowest BCUT2D eigenvalue weighted by atomic mass is 10.2. The molecule has 0 fully saturated rings. The number of amides is 1. The van der Waals surface area contributed by atoms with Gasteiger partial charge in [-0.2, -0.15) is 0 Å². The second-order valence-electron chi connectivity index (χ2n) is 6.82. The molecule has 0 aliphatic carbocycles. The van der Waals surface area contributed by atoms with Crippen LogP contribution in [0.3, 0.4) is 0 Å². The molecule has 4 rings (SSSR count). The number of para-hydroxylation sites is 1. The molecule has 0 unspecified atom stereocenters. The molecule has 0 atom stereocenters. The molecule has 33 heavy (non-hydrogen) atoms. The number of benzene rings is 3. The van der Waals surface area contributed by atoms with Crippen molar-refractivity contribution in [1.29, 1.82) is 0 Å². The lowest BCUT2D eigenvalue weighted by Gasteiger charge is -2.19. The van der Waals surface area contributed by atoms with E-state index in [-0.39, 0.29) is 27.9 Å². The Morgan fingerprint density at radius 2 is 1.67 bits per heavy atom. The molecule has 0 saturated carbocycles. The number of carbonyl (C=O) groups excluding carboxylic acids is 1. The zero-order valence-electron chi connectivity index (χ0n) is 17.1. The van der Waals surface area contributed by atoms with Crippen molar-refractivity contribution in [1.82, 2.24) is 10.2 Å². The normalized spacial score (nSPS) is 11.2. The number of anilines is 2. The second-order valence-corrected chi connectivity index (χ2v) is 8.79. The standard InChI is InChI=1S/C22H16F2N4O4S/c1-28(16-5-3-2-4-6-16)33(30,31)17-10-7-14(8-11-17)20(29)25-22-27-26-21(32-22)18-12-9-15(23)13-19(18)24/h2-13H,1H3,(H,25,27,29). The summed E-state index contributed by atoms with van der Waals surface area (Å²) in [6.07, 6.45) is 0. The average Bonchev–Trinajstić information content (AvgIpc) is 3.27. The summed E-state index contributed by atoms with van der Waals surface area (Å²) in [4.78, 5) is 12.5. The number of carbonyl (C=O) groups is 1. The highest BCUT2D eigenvalue weighted by Gasteiger charge is 2.22. The van der Waals surface area contributed by atoms with Crippen LogP contribution in [0, 0.1) is 11.6 Å². The van der Waals surface area contributed by atoms with Crippen molar-refractivity contribution in [3.8, 4) is 11.5 Å². The molecule has 4 aromatic rings. The first-order valence-electron chi connectivity index (χ1n) is 9.50. The van der Waals surface area contributed by atoms with Gasteiger partial charge in [-0.25, -0.2) is 17.2 Å². The van der Waals surface area contributed by atoms with E-state index in [1.807, 2.05) is 0 Å². The number of nitrogens with zero attached hydrogens (tertiary/aromatic N) is 3. The van der Waals surface area contributed by atoms with Crippen molar-refractivity contribution in [2.24, 2.45) is 0 Å². The Labute approximate surface area is 187 Å². The summed E-state index contributed by atoms with van der Waals surface area (Å²) in [5, 5.41) is 9.61. The van der Waals surface area contributed by atoms with Crippen LogP contribution in [-0.2, 0) is 10.0 Å². The largest absolute Gasteiger partial charge is 0.403 e. The maximum Gasteiger partial charge on any atom is 0.322 e. The molecule has 1 aromatic heterocycles. The first kappa shape index (κ1) is 22.1. The highest BCUT2D eigenvalue weighted by molar-refractivity contribution is 7.92. The number of hydrogen-bond donors (Lipinski definition) is 1. The highest BCUT2D eigenvalue weighted by atomic mass is 32.2. The van der Waals surface area contributed by atoms with Crippen LogP contribution >= 0.6 is 0 Å². The quantitative estimate of drug-likeness (QED) is 0.455. The zero-order chi connectivity index (χ0) is 23.6. The third-order valence-corrected chi connectivity index (χ3v) is 6.50. The van der Waals surface area contributed by atoms with Crippen molar-refractivity contribution in [2.75, 3.05) is 16.7 Å². The van der Waals surface area contributed by atoms with Crippen LogP contribution in [0.4, 0.5) is 20.5 Å². The van der Waals surface area contributed by atoms with Crippen molar-refractivity contribution in [3.05, 3.63) is 90.0 Å². The SMILES string of the molecule is CN(c1ccccc1)S(=O)(=O)c1ccc(C(=O)Nc2nnc(-c3ccc(F)cc3F)o2)cc1. The average molecular weight is 470 g/mol. The first-order chi connectivity index (χ1) is 15.8. The van der Waals surface area contributed by atoms with Crippen LogP contribution in [0.1, 0.15) is 10.4 Å². The highest BCUT2D eigenvalue weighted by Crippen LogP contribution is 2.25. The van der Waals surface area contributed by atoms with Gasteiger partial charge < -0.3 is 4.42 Å². The number of aromatic nitrogens is 2. The van der Waals surface area contributed by atoms with Gasteiger partial charge in [0.2, 0.25) is 0 Å². The van der Waals surface area contributed by atoms with E-state index in [1.54, 1.807) is 30.3 Å². The number of hydrogen-bond acceptors (Lipinski definition) is 6. The third-order valence-electron chi connectivity index (χ3n) is 4.70. The minimum absolute atomic E-state index is 0.00253. The Morgan fingerprint density at radius 3 is 2.33 bits per heavy atom. The van der Waals surface area contributed by atoms with Crippen molar-refractivity contribution in [2.45, 2.75) is 4.90 Å². The molecular weight excluding hydrogens is 454 g/mol. The molecule has 0 spiro atoms. The molecule has 0 aliphatic heterocycles. The summed E-state index contributed by atoms with van der Waals surface area (Å²) in [5.41, 5.74) is 0.495. The molecule has 8 nitrogen and oxygen atoms in total. The van der Waals surface area contributed by atoms with Crippen LogP contribution in [0.25, 0.3) is 11.5 Å². The maximum atomic E-state index is 13.9. The molecule has 11 heteroatoms. The van der Waals surface area contributed by atoms with Gasteiger partial charge in [0.15, 0.2) is 0 Å². The molecule has 168 valence electrons. The molecule has 1 N–H and O–H groups in total. The maximum absolute atomic E-state index is 13.9. The second kappa shape index (κ2) is 8.79. The fourth-order valence-corrected chi connectivity index (χ4v) is 4.12. The van der Waals surface area contributed by atoms with E-state index < -0.39 is 27.6 Å². The molecule has 0 radical (unpaired) electrons. The summed E-state index contributed by atoms with van der Waals surface area (Å²) < 4.78 is 58.9. The van der Waals surface area contributed by atoms with Gasteiger partial charge >= 0.3 is 6.01 Å². The number of halogens is 2. The van der Waals surface area contributed by atoms with Crippen LogP contribution in [0.15, 0.2) is 82.1 Å². The molecule has 3 aromatic carbocycles. The van der Waals surface area contributed by atoms with E-state index in [0.717, 1.165) is 16.4 Å². The molecule has 0 aliphatic rings. The molecule has 1 amide bonds. The van der Waals surface area contributed by atoms with E-state index in [1.165, 1.54) is 31.3 Å². The fourth-order valence-electron chi connectivity index (χ4n) is 2.93. The van der Waals surface area contributed by atoms with Gasteiger partial charge in [-0.05, 0) is 48.5 Å². The van der Waals surface area contributed by atoms with E-state index in [0.29, 0.717) is 11.8 Å². The van der Waals surface area contributed by atoms with Gasteiger partial charge in [0.25, 0.3) is 21.8 Å². The number of nitrogens with one attached hydrogen (secondary N) is 1. The number of rotatable bonds is 6. The van der Waals surface area contributed by atoms with E-state index in [4.69, 9.17) is 4.42 Å². The first-order valence-corrected chi connectivity index (χ1v) is 10.9. The van der Waals surface area contributed by atoms with Crippen molar-refractivity contribution >= 4 is 27.6 Å². The molecule has 0 bridgehead atoms. The number of sulfonamides is 1. The Bertz CT molecular complexity index is 1410. The van der Waals surface area contributed by atoms with Gasteiger partial charge in [0, 0.05) is 18.7 Å². The summed E-state index contributed by atoms with van der Waals surface area (Å²) in [6.45, 7) is 0. The summed E-state index contributed by atoms with van der Waals surface area (Å²) in [6, 6.07) is 16.3. The Morgan fingerprint density at radius 1 is 0.970 bits per heavy atom. The van der Waals surface area contributed by atoms with Crippen LogP contribution in [0.5, 0.6) is 0 Å². The van der Waals surface area contributed by atoms with E-state index in [9.17, 15) is 22.0 Å². The monoisotopic (exact) mass is 470 g/mol. The summed E-state index contributed by atoms with van der Waals surface area (Å²) >= 11 is 0. The summed E-state index contributed by atoms with van der Waals surface area (Å²) in [5.74, 6) is -2.54. The van der Waals surface area contributed by atoms with Gasteiger partial charge in [-0.1, -0.05) is 23.3 Å². The Kier molecular flexibility index (Phi) is 5.88. The van der Waals surface area contributed by atoms with E-state index >= 15 is 0 Å².